The van der Waals surface area contributed by atoms with Gasteiger partial charge in [0, 0.05) is 25.6 Å². The standard InChI is InChI=1S/C14H24N2O2S/c17-13(6-14(10-19)3-4-14)15-7-12-8-16-5-1-2-11(16)9-18-12/h11-12,19H,1-10H2,(H,15,17). The van der Waals surface area contributed by atoms with Gasteiger partial charge in [0.15, 0.2) is 0 Å². The van der Waals surface area contributed by atoms with Crippen molar-refractivity contribution in [2.45, 2.75) is 44.2 Å². The van der Waals surface area contributed by atoms with Crippen molar-refractivity contribution >= 4 is 18.5 Å². The van der Waals surface area contributed by atoms with Crippen molar-refractivity contribution in [2.24, 2.45) is 5.41 Å². The number of morpholine rings is 1. The van der Waals surface area contributed by atoms with E-state index in [0.717, 1.165) is 31.7 Å². The van der Waals surface area contributed by atoms with Crippen LogP contribution in [-0.2, 0) is 9.53 Å². The molecule has 0 spiro atoms. The van der Waals surface area contributed by atoms with Gasteiger partial charge in [-0.3, -0.25) is 9.69 Å². The lowest BCUT2D eigenvalue weighted by atomic mass is 10.1. The van der Waals surface area contributed by atoms with E-state index in [0.29, 0.717) is 19.0 Å². The molecule has 3 fully saturated rings. The summed E-state index contributed by atoms with van der Waals surface area (Å²) in [6.45, 7) is 3.66. The Balaban J connectivity index is 1.39. The van der Waals surface area contributed by atoms with Gasteiger partial charge in [0.2, 0.25) is 5.91 Å². The van der Waals surface area contributed by atoms with Crippen LogP contribution in [0.3, 0.4) is 0 Å². The number of thiol groups is 1. The third-order valence-corrected chi connectivity index (χ3v) is 5.49. The monoisotopic (exact) mass is 284 g/mol. The molecule has 19 heavy (non-hydrogen) atoms. The third-order valence-electron chi connectivity index (χ3n) is 4.82. The smallest absolute Gasteiger partial charge is 0.220 e. The molecule has 2 unspecified atom stereocenters. The molecule has 1 N–H and O–H groups in total. The lowest BCUT2D eigenvalue weighted by Gasteiger charge is -2.35. The van der Waals surface area contributed by atoms with Crippen LogP contribution in [0.2, 0.25) is 0 Å². The Morgan fingerprint density at radius 3 is 3.05 bits per heavy atom. The normalized spacial score (nSPS) is 32.9. The summed E-state index contributed by atoms with van der Waals surface area (Å²) in [4.78, 5) is 14.4. The van der Waals surface area contributed by atoms with E-state index >= 15 is 0 Å². The average Bonchev–Trinajstić information content (AvgIpc) is 3.03. The van der Waals surface area contributed by atoms with Gasteiger partial charge in [-0.25, -0.2) is 0 Å². The summed E-state index contributed by atoms with van der Waals surface area (Å²) in [6, 6.07) is 0.630. The maximum atomic E-state index is 11.9. The molecule has 2 aliphatic heterocycles. The molecule has 1 aliphatic carbocycles. The number of nitrogens with one attached hydrogen (secondary N) is 1. The first-order chi connectivity index (χ1) is 9.21. The van der Waals surface area contributed by atoms with Crippen molar-refractivity contribution in [1.82, 2.24) is 10.2 Å². The molecule has 5 heteroatoms. The molecule has 2 saturated heterocycles. The Labute approximate surface area is 120 Å². The Bertz CT molecular complexity index is 346. The highest BCUT2D eigenvalue weighted by molar-refractivity contribution is 7.80. The summed E-state index contributed by atoms with van der Waals surface area (Å²) in [6.07, 6.45) is 5.67. The van der Waals surface area contributed by atoms with Gasteiger partial charge in [-0.2, -0.15) is 12.6 Å². The Kier molecular flexibility index (Phi) is 4.06. The number of ether oxygens (including phenoxy) is 1. The highest BCUT2D eigenvalue weighted by Crippen LogP contribution is 2.49. The van der Waals surface area contributed by atoms with Crippen LogP contribution in [0.4, 0.5) is 0 Å². The molecule has 4 nitrogen and oxygen atoms in total. The number of hydrogen-bond donors (Lipinski definition) is 2. The Morgan fingerprint density at radius 1 is 1.47 bits per heavy atom. The molecule has 0 aromatic heterocycles. The predicted octanol–water partition coefficient (Wildman–Crippen LogP) is 1.07. The summed E-state index contributed by atoms with van der Waals surface area (Å²) in [5.41, 5.74) is 0.209. The van der Waals surface area contributed by atoms with E-state index < -0.39 is 0 Å². The quantitative estimate of drug-likeness (QED) is 0.742. The van der Waals surface area contributed by atoms with Crippen molar-refractivity contribution < 1.29 is 9.53 Å². The van der Waals surface area contributed by atoms with Crippen molar-refractivity contribution in [3.63, 3.8) is 0 Å². The first-order valence-electron chi connectivity index (χ1n) is 7.44. The highest BCUT2D eigenvalue weighted by atomic mass is 32.1. The van der Waals surface area contributed by atoms with Gasteiger partial charge in [0.1, 0.15) is 0 Å². The van der Waals surface area contributed by atoms with Crippen molar-refractivity contribution in [3.05, 3.63) is 0 Å². The fourth-order valence-corrected chi connectivity index (χ4v) is 3.64. The molecule has 108 valence electrons. The molecule has 0 bridgehead atoms. The highest BCUT2D eigenvalue weighted by Gasteiger charge is 2.43. The number of rotatable bonds is 5. The van der Waals surface area contributed by atoms with Crippen molar-refractivity contribution in [1.29, 1.82) is 0 Å². The average molecular weight is 284 g/mol. The summed E-state index contributed by atoms with van der Waals surface area (Å²) in [7, 11) is 0. The molecule has 3 rings (SSSR count). The van der Waals surface area contributed by atoms with Crippen LogP contribution < -0.4 is 5.32 Å². The van der Waals surface area contributed by atoms with Gasteiger partial charge in [-0.05, 0) is 43.4 Å². The summed E-state index contributed by atoms with van der Waals surface area (Å²) in [5.74, 6) is 0.995. The molecule has 1 saturated carbocycles. The van der Waals surface area contributed by atoms with E-state index in [2.05, 4.69) is 22.8 Å². The van der Waals surface area contributed by atoms with Crippen LogP contribution in [0.15, 0.2) is 0 Å². The van der Waals surface area contributed by atoms with Crippen LogP contribution in [0.1, 0.15) is 32.1 Å². The van der Waals surface area contributed by atoms with E-state index in [4.69, 9.17) is 4.74 Å². The fourth-order valence-electron chi connectivity index (χ4n) is 3.21. The molecule has 2 atom stereocenters. The Morgan fingerprint density at radius 2 is 2.32 bits per heavy atom. The van der Waals surface area contributed by atoms with E-state index in [1.807, 2.05) is 0 Å². The Hall–Kier alpha value is -0.260. The van der Waals surface area contributed by atoms with Gasteiger partial charge < -0.3 is 10.1 Å². The van der Waals surface area contributed by atoms with Gasteiger partial charge in [-0.1, -0.05) is 0 Å². The van der Waals surface area contributed by atoms with Crippen molar-refractivity contribution in [2.75, 3.05) is 32.0 Å². The minimum atomic E-state index is 0.165. The predicted molar refractivity (Wildman–Crippen MR) is 77.5 cm³/mol. The maximum absolute atomic E-state index is 11.9. The van der Waals surface area contributed by atoms with Gasteiger partial charge in [0.25, 0.3) is 0 Å². The molecular formula is C14H24N2O2S. The van der Waals surface area contributed by atoms with Crippen LogP contribution in [-0.4, -0.2) is 54.9 Å². The van der Waals surface area contributed by atoms with Crippen LogP contribution in [0.25, 0.3) is 0 Å². The van der Waals surface area contributed by atoms with E-state index in [9.17, 15) is 4.79 Å². The topological polar surface area (TPSA) is 41.6 Å². The lowest BCUT2D eigenvalue weighted by molar-refractivity contribution is -0.123. The third kappa shape index (κ3) is 3.26. The minimum absolute atomic E-state index is 0.165. The van der Waals surface area contributed by atoms with Gasteiger partial charge >= 0.3 is 0 Å². The number of carbonyl (C=O) groups excluding carboxylic acids is 1. The van der Waals surface area contributed by atoms with Crippen LogP contribution >= 0.6 is 12.6 Å². The largest absolute Gasteiger partial charge is 0.373 e. The lowest BCUT2D eigenvalue weighted by Crippen LogP contribution is -2.50. The van der Waals surface area contributed by atoms with Crippen LogP contribution in [0, 0.1) is 5.41 Å². The maximum Gasteiger partial charge on any atom is 0.220 e. The molecule has 3 aliphatic rings. The van der Waals surface area contributed by atoms with E-state index in [1.165, 1.54) is 19.4 Å². The zero-order chi connectivity index (χ0) is 13.3. The number of fused-ring (bicyclic) bond motifs is 1. The van der Waals surface area contributed by atoms with Crippen LogP contribution in [0.5, 0.6) is 0 Å². The zero-order valence-corrected chi connectivity index (χ0v) is 12.3. The van der Waals surface area contributed by atoms with Gasteiger partial charge in [0.05, 0.1) is 12.7 Å². The van der Waals surface area contributed by atoms with E-state index in [-0.39, 0.29) is 17.4 Å². The zero-order valence-electron chi connectivity index (χ0n) is 11.4. The van der Waals surface area contributed by atoms with E-state index in [1.54, 1.807) is 0 Å². The molecule has 2 heterocycles. The summed E-state index contributed by atoms with van der Waals surface area (Å²) in [5, 5.41) is 3.04. The second kappa shape index (κ2) is 5.62. The first-order valence-corrected chi connectivity index (χ1v) is 8.07. The summed E-state index contributed by atoms with van der Waals surface area (Å²) >= 11 is 4.34. The second-order valence-corrected chi connectivity index (χ2v) is 6.70. The molecule has 0 radical (unpaired) electrons. The fraction of sp³-hybridized carbons (Fsp3) is 0.929. The number of nitrogens with zero attached hydrogens (tertiary/aromatic N) is 1. The SMILES string of the molecule is O=C(CC1(CS)CC1)NCC1CN2CCCC2CO1. The molecule has 1 amide bonds. The molecule has 0 aromatic rings. The number of carbonyl (C=O) groups is 1. The van der Waals surface area contributed by atoms with Gasteiger partial charge in [-0.15, -0.1) is 0 Å². The first kappa shape index (κ1) is 13.7. The molecular weight excluding hydrogens is 260 g/mol. The second-order valence-electron chi connectivity index (χ2n) is 6.39. The molecule has 0 aromatic carbocycles. The van der Waals surface area contributed by atoms with Crippen molar-refractivity contribution in [3.8, 4) is 0 Å². The minimum Gasteiger partial charge on any atom is -0.373 e. The summed E-state index contributed by atoms with van der Waals surface area (Å²) < 4.78 is 5.84. The number of hydrogen-bond acceptors (Lipinski definition) is 4. The number of amides is 1.